The van der Waals surface area contributed by atoms with Crippen molar-refractivity contribution in [1.82, 2.24) is 0 Å². The Bertz CT molecular complexity index is 97.7. The zero-order chi connectivity index (χ0) is 6.24. The minimum absolute atomic E-state index is 1.64. The molecular weight excluding hydrogens is 100 g/mol. The number of rotatable bonds is 2. The van der Waals surface area contributed by atoms with Gasteiger partial charge in [0.1, 0.15) is 0 Å². The summed E-state index contributed by atoms with van der Waals surface area (Å²) in [5.74, 6) is 0. The average molecular weight is 110 g/mol. The Morgan fingerprint density at radius 1 is 1.25 bits per heavy atom. The summed E-state index contributed by atoms with van der Waals surface area (Å²) in [6.07, 6.45) is 7.30. The lowest BCUT2D eigenvalue weighted by Gasteiger charge is -1.68. The second-order valence-corrected chi connectivity index (χ2v) is 1.18. The topological polar surface area (TPSA) is 24.7 Å². The van der Waals surface area contributed by atoms with Crippen molar-refractivity contribution in [3.05, 3.63) is 24.4 Å². The van der Waals surface area contributed by atoms with Crippen LogP contribution in [-0.4, -0.2) is 7.05 Å². The van der Waals surface area contributed by atoms with Gasteiger partial charge in [-0.15, -0.1) is 0 Å². The van der Waals surface area contributed by atoms with Crippen molar-refractivity contribution in [2.24, 2.45) is 10.2 Å². The number of azo groups is 1. The summed E-state index contributed by atoms with van der Waals surface area (Å²) < 4.78 is 0. The van der Waals surface area contributed by atoms with E-state index in [1.165, 1.54) is 0 Å². The largest absolute Gasteiger partial charge is 0.193 e. The summed E-state index contributed by atoms with van der Waals surface area (Å²) >= 11 is 0. The van der Waals surface area contributed by atoms with Gasteiger partial charge in [-0.05, 0) is 13.0 Å². The molecule has 0 aliphatic rings. The van der Waals surface area contributed by atoms with E-state index in [1.54, 1.807) is 13.2 Å². The summed E-state index contributed by atoms with van der Waals surface area (Å²) in [7, 11) is 1.64. The summed E-state index contributed by atoms with van der Waals surface area (Å²) in [4.78, 5) is 0. The standard InChI is InChI=1S/C6H10N2/c1-3-4-5-6-8-7-2/h3-6H,1-2H3/b4-3-,6-5-,8-7?. The van der Waals surface area contributed by atoms with Gasteiger partial charge in [0.05, 0.1) is 0 Å². The Labute approximate surface area is 49.6 Å². The molecule has 0 saturated heterocycles. The highest BCUT2D eigenvalue weighted by atomic mass is 15.1. The molecule has 2 heteroatoms. The highest BCUT2D eigenvalue weighted by Gasteiger charge is 1.56. The molecular formula is C6H10N2. The van der Waals surface area contributed by atoms with E-state index >= 15 is 0 Å². The number of hydrogen-bond acceptors (Lipinski definition) is 2. The maximum absolute atomic E-state index is 3.60. The average Bonchev–Trinajstić information content (AvgIpc) is 1.81. The van der Waals surface area contributed by atoms with Gasteiger partial charge >= 0.3 is 0 Å². The lowest BCUT2D eigenvalue weighted by molar-refractivity contribution is 1.16. The van der Waals surface area contributed by atoms with Gasteiger partial charge in [0.2, 0.25) is 0 Å². The summed E-state index contributed by atoms with van der Waals surface area (Å²) in [6, 6.07) is 0. The van der Waals surface area contributed by atoms with E-state index in [0.29, 0.717) is 0 Å². The first-order valence-electron chi connectivity index (χ1n) is 2.48. The van der Waals surface area contributed by atoms with Crippen molar-refractivity contribution in [3.63, 3.8) is 0 Å². The molecule has 0 aromatic rings. The molecule has 0 rings (SSSR count). The molecule has 0 atom stereocenters. The number of nitrogens with zero attached hydrogens (tertiary/aromatic N) is 2. The Morgan fingerprint density at radius 2 is 2.00 bits per heavy atom. The van der Waals surface area contributed by atoms with Crippen LogP contribution in [0.5, 0.6) is 0 Å². The third kappa shape index (κ3) is 5.08. The summed E-state index contributed by atoms with van der Waals surface area (Å²) in [5, 5.41) is 7.11. The van der Waals surface area contributed by atoms with Crippen LogP contribution in [0.15, 0.2) is 34.7 Å². The van der Waals surface area contributed by atoms with Crippen molar-refractivity contribution < 1.29 is 0 Å². The number of hydrogen-bond donors (Lipinski definition) is 0. The van der Waals surface area contributed by atoms with Crippen LogP contribution in [0.25, 0.3) is 0 Å². The maximum atomic E-state index is 3.60. The van der Waals surface area contributed by atoms with Gasteiger partial charge in [-0.3, -0.25) is 0 Å². The predicted molar refractivity (Wildman–Crippen MR) is 34.7 cm³/mol. The van der Waals surface area contributed by atoms with E-state index < -0.39 is 0 Å². The molecule has 0 N–H and O–H groups in total. The molecule has 0 aliphatic carbocycles. The minimum atomic E-state index is 1.64. The van der Waals surface area contributed by atoms with E-state index in [0.717, 1.165) is 0 Å². The molecule has 0 amide bonds. The van der Waals surface area contributed by atoms with Crippen LogP contribution in [0.2, 0.25) is 0 Å². The van der Waals surface area contributed by atoms with Crippen molar-refractivity contribution in [3.8, 4) is 0 Å². The molecule has 0 heterocycles. The maximum Gasteiger partial charge on any atom is 0.0491 e. The zero-order valence-corrected chi connectivity index (χ0v) is 5.20. The van der Waals surface area contributed by atoms with Crippen molar-refractivity contribution in [1.29, 1.82) is 0 Å². The van der Waals surface area contributed by atoms with E-state index in [9.17, 15) is 0 Å². The lowest BCUT2D eigenvalue weighted by atomic mass is 10.5. The first-order chi connectivity index (χ1) is 3.91. The molecule has 8 heavy (non-hydrogen) atoms. The Balaban J connectivity index is 3.35. The van der Waals surface area contributed by atoms with E-state index in [-0.39, 0.29) is 0 Å². The van der Waals surface area contributed by atoms with Crippen LogP contribution in [0.4, 0.5) is 0 Å². The number of allylic oxidation sites excluding steroid dienone is 3. The molecule has 44 valence electrons. The van der Waals surface area contributed by atoms with Crippen LogP contribution in [0, 0.1) is 0 Å². The van der Waals surface area contributed by atoms with Crippen molar-refractivity contribution >= 4 is 0 Å². The molecule has 0 spiro atoms. The molecule has 0 aromatic heterocycles. The third-order valence-electron chi connectivity index (χ3n) is 0.572. The molecule has 0 radical (unpaired) electrons. The first-order valence-corrected chi connectivity index (χ1v) is 2.48. The molecule has 2 nitrogen and oxygen atoms in total. The zero-order valence-electron chi connectivity index (χ0n) is 5.20. The Morgan fingerprint density at radius 3 is 2.50 bits per heavy atom. The van der Waals surface area contributed by atoms with E-state index in [4.69, 9.17) is 0 Å². The molecule has 0 aromatic carbocycles. The van der Waals surface area contributed by atoms with Crippen LogP contribution in [0.3, 0.4) is 0 Å². The quantitative estimate of drug-likeness (QED) is 0.384. The smallest absolute Gasteiger partial charge is 0.0491 e. The van der Waals surface area contributed by atoms with Gasteiger partial charge in [-0.1, -0.05) is 12.2 Å². The third-order valence-corrected chi connectivity index (χ3v) is 0.572. The SMILES string of the molecule is C/C=C\C=C/N=NC. The molecule has 0 fully saturated rings. The predicted octanol–water partition coefficient (Wildman–Crippen LogP) is 2.16. The van der Waals surface area contributed by atoms with Gasteiger partial charge in [-0.2, -0.15) is 10.2 Å². The van der Waals surface area contributed by atoms with Crippen LogP contribution in [-0.2, 0) is 0 Å². The van der Waals surface area contributed by atoms with Crippen molar-refractivity contribution in [2.75, 3.05) is 7.05 Å². The van der Waals surface area contributed by atoms with Crippen LogP contribution in [0.1, 0.15) is 6.92 Å². The highest BCUT2D eigenvalue weighted by Crippen LogP contribution is 1.77. The fraction of sp³-hybridized carbons (Fsp3) is 0.333. The van der Waals surface area contributed by atoms with Crippen LogP contribution >= 0.6 is 0 Å². The molecule has 0 unspecified atom stereocenters. The van der Waals surface area contributed by atoms with Gasteiger partial charge in [0.15, 0.2) is 0 Å². The van der Waals surface area contributed by atoms with Crippen LogP contribution < -0.4 is 0 Å². The monoisotopic (exact) mass is 110 g/mol. The second kappa shape index (κ2) is 6.08. The van der Waals surface area contributed by atoms with Gasteiger partial charge in [0.25, 0.3) is 0 Å². The lowest BCUT2D eigenvalue weighted by Crippen LogP contribution is -1.47. The first kappa shape index (κ1) is 7.08. The fourth-order valence-electron chi connectivity index (χ4n) is 0.266. The Hall–Kier alpha value is -0.920. The van der Waals surface area contributed by atoms with Crippen molar-refractivity contribution in [2.45, 2.75) is 6.92 Å². The molecule has 0 aliphatic heterocycles. The van der Waals surface area contributed by atoms with Gasteiger partial charge < -0.3 is 0 Å². The Kier molecular flexibility index (Phi) is 5.38. The normalized spacial score (nSPS) is 12.8. The van der Waals surface area contributed by atoms with E-state index in [1.807, 2.05) is 25.2 Å². The molecule has 0 bridgehead atoms. The van der Waals surface area contributed by atoms with E-state index in [2.05, 4.69) is 10.2 Å². The second-order valence-electron chi connectivity index (χ2n) is 1.18. The fourth-order valence-corrected chi connectivity index (χ4v) is 0.266. The highest BCUT2D eigenvalue weighted by molar-refractivity contribution is 4.99. The molecule has 0 saturated carbocycles. The van der Waals surface area contributed by atoms with Gasteiger partial charge in [0, 0.05) is 13.2 Å². The summed E-state index contributed by atoms with van der Waals surface area (Å²) in [5.41, 5.74) is 0. The van der Waals surface area contributed by atoms with Gasteiger partial charge in [-0.25, -0.2) is 0 Å². The minimum Gasteiger partial charge on any atom is -0.193 e. The summed E-state index contributed by atoms with van der Waals surface area (Å²) in [6.45, 7) is 1.95.